The second kappa shape index (κ2) is 8.21. The Morgan fingerprint density at radius 1 is 1.14 bits per heavy atom. The first-order valence-electron chi connectivity index (χ1n) is 9.72. The molecule has 0 saturated heterocycles. The fourth-order valence-electron chi connectivity index (χ4n) is 3.32. The average Bonchev–Trinajstić information content (AvgIpc) is 3.09. The lowest BCUT2D eigenvalue weighted by Crippen LogP contribution is -2.46. The maximum Gasteiger partial charge on any atom is 0.216 e. The molecule has 1 aromatic carbocycles. The van der Waals surface area contributed by atoms with Crippen molar-refractivity contribution < 1.29 is 12.8 Å². The zero-order chi connectivity index (χ0) is 20.4. The molecule has 1 fully saturated rings. The van der Waals surface area contributed by atoms with Crippen LogP contribution in [0, 0.1) is 11.7 Å². The molecule has 6 nitrogen and oxygen atoms in total. The van der Waals surface area contributed by atoms with E-state index < -0.39 is 14.8 Å². The van der Waals surface area contributed by atoms with Gasteiger partial charge in [0.15, 0.2) is 0 Å². The third-order valence-corrected chi connectivity index (χ3v) is 7.49. The molecule has 1 saturated carbocycles. The van der Waals surface area contributed by atoms with E-state index in [4.69, 9.17) is 0 Å². The average molecular weight is 409 g/mol. The van der Waals surface area contributed by atoms with Gasteiger partial charge >= 0.3 is 0 Å². The quantitative estimate of drug-likeness (QED) is 0.764. The molecule has 0 radical (unpaired) electrons. The second-order valence-corrected chi connectivity index (χ2v) is 10.9. The number of nitrogens with one attached hydrogen (secondary N) is 2. The number of para-hydroxylation sites is 1. The van der Waals surface area contributed by atoms with Crippen molar-refractivity contribution in [3.8, 4) is 5.69 Å². The number of hydrogen-bond acceptors (Lipinski definition) is 4. The molecule has 2 aromatic rings. The lowest BCUT2D eigenvalue weighted by Gasteiger charge is -2.31. The van der Waals surface area contributed by atoms with Crippen LogP contribution < -0.4 is 10.0 Å². The molecule has 8 heteroatoms. The Morgan fingerprint density at radius 3 is 2.46 bits per heavy atom. The largest absolute Gasteiger partial charge is 0.368 e. The van der Waals surface area contributed by atoms with Crippen molar-refractivity contribution in [2.24, 2.45) is 5.92 Å². The number of aromatic nitrogens is 2. The Balaban J connectivity index is 1.48. The van der Waals surface area contributed by atoms with Crippen molar-refractivity contribution in [2.75, 3.05) is 11.9 Å². The summed E-state index contributed by atoms with van der Waals surface area (Å²) in [7, 11) is -3.31. The molecule has 2 N–H and O–H groups in total. The molecule has 0 bridgehead atoms. The SMILES string of the molecule is CC(C)(C)S(=O)(=O)N[C@H]1CC[C@H](CNc2ccn(-c3ccccc3F)n2)CC1. The highest BCUT2D eigenvalue weighted by molar-refractivity contribution is 7.90. The maximum absolute atomic E-state index is 13.9. The van der Waals surface area contributed by atoms with Gasteiger partial charge in [0.2, 0.25) is 10.0 Å². The summed E-state index contributed by atoms with van der Waals surface area (Å²) in [6.07, 6.45) is 5.33. The lowest BCUT2D eigenvalue weighted by molar-refractivity contribution is 0.322. The molecular formula is C20H29FN4O2S. The smallest absolute Gasteiger partial charge is 0.216 e. The van der Waals surface area contributed by atoms with E-state index in [2.05, 4.69) is 15.1 Å². The van der Waals surface area contributed by atoms with Crippen LogP contribution in [0.4, 0.5) is 10.2 Å². The maximum atomic E-state index is 13.9. The van der Waals surface area contributed by atoms with Gasteiger partial charge in [0, 0.05) is 24.8 Å². The van der Waals surface area contributed by atoms with Crippen molar-refractivity contribution in [1.82, 2.24) is 14.5 Å². The fourth-order valence-corrected chi connectivity index (χ4v) is 4.35. The summed E-state index contributed by atoms with van der Waals surface area (Å²) in [5, 5.41) is 7.71. The van der Waals surface area contributed by atoms with Crippen molar-refractivity contribution in [2.45, 2.75) is 57.2 Å². The molecule has 0 atom stereocenters. The van der Waals surface area contributed by atoms with Crippen molar-refractivity contribution in [3.05, 3.63) is 42.3 Å². The summed E-state index contributed by atoms with van der Waals surface area (Å²) in [5.74, 6) is 0.862. The van der Waals surface area contributed by atoms with Crippen LogP contribution in [-0.2, 0) is 10.0 Å². The van der Waals surface area contributed by atoms with Crippen LogP contribution in [0.5, 0.6) is 0 Å². The van der Waals surface area contributed by atoms with E-state index >= 15 is 0 Å². The van der Waals surface area contributed by atoms with Crippen molar-refractivity contribution in [3.63, 3.8) is 0 Å². The molecule has 0 amide bonds. The van der Waals surface area contributed by atoms with Crippen molar-refractivity contribution in [1.29, 1.82) is 0 Å². The first kappa shape index (κ1) is 20.8. The molecule has 0 aliphatic heterocycles. The van der Waals surface area contributed by atoms with Crippen LogP contribution >= 0.6 is 0 Å². The number of nitrogens with zero attached hydrogens (tertiary/aromatic N) is 2. The minimum absolute atomic E-state index is 0.0146. The molecule has 0 spiro atoms. The predicted molar refractivity (Wildman–Crippen MR) is 110 cm³/mol. The molecule has 0 unspecified atom stereocenters. The summed E-state index contributed by atoms with van der Waals surface area (Å²) < 4.78 is 42.0. The van der Waals surface area contributed by atoms with E-state index in [1.165, 1.54) is 10.7 Å². The minimum Gasteiger partial charge on any atom is -0.368 e. The van der Waals surface area contributed by atoms with Crippen molar-refractivity contribution >= 4 is 15.8 Å². The molecule has 1 heterocycles. The summed E-state index contributed by atoms with van der Waals surface area (Å²) in [6, 6.07) is 8.37. The highest BCUT2D eigenvalue weighted by atomic mass is 32.2. The molecule has 1 aliphatic carbocycles. The first-order valence-corrected chi connectivity index (χ1v) is 11.2. The lowest BCUT2D eigenvalue weighted by atomic mass is 9.86. The third kappa shape index (κ3) is 4.91. The molecule has 28 heavy (non-hydrogen) atoms. The predicted octanol–water partition coefficient (Wildman–Crippen LogP) is 3.70. The molecule has 3 rings (SSSR count). The van der Waals surface area contributed by atoms with E-state index in [1.807, 2.05) is 6.07 Å². The van der Waals surface area contributed by atoms with E-state index in [9.17, 15) is 12.8 Å². The van der Waals surface area contributed by atoms with E-state index in [-0.39, 0.29) is 11.9 Å². The van der Waals surface area contributed by atoms with Crippen LogP contribution in [0.2, 0.25) is 0 Å². The molecule has 154 valence electrons. The zero-order valence-electron chi connectivity index (χ0n) is 16.7. The van der Waals surface area contributed by atoms with Gasteiger partial charge in [0.1, 0.15) is 17.3 Å². The molecule has 1 aromatic heterocycles. The summed E-state index contributed by atoms with van der Waals surface area (Å²) in [5.41, 5.74) is 0.419. The van der Waals surface area contributed by atoms with Crippen LogP contribution in [0.1, 0.15) is 46.5 Å². The van der Waals surface area contributed by atoms with E-state index in [1.54, 1.807) is 45.2 Å². The monoisotopic (exact) mass is 408 g/mol. The van der Waals surface area contributed by atoms with Gasteiger partial charge in [-0.2, -0.15) is 5.10 Å². The van der Waals surface area contributed by atoms with Crippen LogP contribution in [-0.4, -0.2) is 35.5 Å². The highest BCUT2D eigenvalue weighted by Crippen LogP contribution is 2.26. The Morgan fingerprint density at radius 2 is 1.82 bits per heavy atom. The number of anilines is 1. The van der Waals surface area contributed by atoms with Gasteiger partial charge in [0.05, 0.1) is 4.75 Å². The Bertz CT molecular complexity index is 897. The van der Waals surface area contributed by atoms with Crippen LogP contribution in [0.25, 0.3) is 5.69 Å². The van der Waals surface area contributed by atoms with Crippen LogP contribution in [0.15, 0.2) is 36.5 Å². The number of hydrogen-bond donors (Lipinski definition) is 2. The zero-order valence-corrected chi connectivity index (χ0v) is 17.5. The molecule has 1 aliphatic rings. The van der Waals surface area contributed by atoms with Gasteiger partial charge in [0.25, 0.3) is 0 Å². The van der Waals surface area contributed by atoms with Gasteiger partial charge in [-0.25, -0.2) is 22.2 Å². The van der Waals surface area contributed by atoms with Gasteiger partial charge in [-0.15, -0.1) is 0 Å². The second-order valence-electron chi connectivity index (χ2n) is 8.43. The standard InChI is InChI=1S/C20H29FN4O2S/c1-20(2,3)28(26,27)24-16-10-8-15(9-11-16)14-22-19-12-13-25(23-19)18-7-5-4-6-17(18)21/h4-7,12-13,15-16,24H,8-11,14H2,1-3H3,(H,22,23)/t15-,16-. The van der Waals surface area contributed by atoms with Crippen LogP contribution in [0.3, 0.4) is 0 Å². The highest BCUT2D eigenvalue weighted by Gasteiger charge is 2.32. The Labute approximate surface area is 166 Å². The first-order chi connectivity index (χ1) is 13.2. The normalized spacial score (nSPS) is 20.9. The van der Waals surface area contributed by atoms with Gasteiger partial charge in [-0.05, 0) is 64.5 Å². The number of halogens is 1. The van der Waals surface area contributed by atoms with E-state index in [0.717, 1.165) is 32.2 Å². The number of benzene rings is 1. The summed E-state index contributed by atoms with van der Waals surface area (Å²) in [6.45, 7) is 5.91. The van der Waals surface area contributed by atoms with Gasteiger partial charge < -0.3 is 5.32 Å². The van der Waals surface area contributed by atoms with Gasteiger partial charge in [-0.3, -0.25) is 0 Å². The molecular weight excluding hydrogens is 379 g/mol. The Kier molecular flexibility index (Phi) is 6.09. The number of rotatable bonds is 6. The Hall–Kier alpha value is -1.93. The summed E-state index contributed by atoms with van der Waals surface area (Å²) >= 11 is 0. The number of sulfonamides is 1. The topological polar surface area (TPSA) is 76.0 Å². The minimum atomic E-state index is -3.31. The fraction of sp³-hybridized carbons (Fsp3) is 0.550. The van der Waals surface area contributed by atoms with E-state index in [0.29, 0.717) is 17.4 Å². The summed E-state index contributed by atoms with van der Waals surface area (Å²) in [4.78, 5) is 0. The third-order valence-electron chi connectivity index (χ3n) is 5.23. The van der Waals surface area contributed by atoms with Gasteiger partial charge in [-0.1, -0.05) is 12.1 Å².